The molecular weight excluding hydrogens is 364 g/mol. The van der Waals surface area contributed by atoms with Crippen LogP contribution in [0.2, 0.25) is 0 Å². The molecule has 1 saturated carbocycles. The number of benzene rings is 2. The van der Waals surface area contributed by atoms with Gasteiger partial charge in [-0.3, -0.25) is 9.59 Å². The van der Waals surface area contributed by atoms with Crippen molar-refractivity contribution >= 4 is 17.5 Å². The maximum Gasteiger partial charge on any atom is 0.230 e. The Morgan fingerprint density at radius 3 is 2.52 bits per heavy atom. The Bertz CT molecular complexity index is 878. The highest BCUT2D eigenvalue weighted by Crippen LogP contribution is 2.36. The van der Waals surface area contributed by atoms with Gasteiger partial charge in [0.25, 0.3) is 0 Å². The molecule has 2 aliphatic rings. The maximum atomic E-state index is 13.4. The standard InChI is InChI=1S/C24H28N2O3/c1-29-19-12-10-17(11-13-19)16-25-23(27)20-7-3-4-8-21(20)24(28)26-15-14-18-6-2-5-9-22(18)26/h2,5-6,9-13,20-21H,3-4,7-8,14-16H2,1H3,(H,25,27)/t20-,21+/m0/s1. The number of nitrogens with zero attached hydrogens (tertiary/aromatic N) is 1. The summed E-state index contributed by atoms with van der Waals surface area (Å²) < 4.78 is 5.17. The van der Waals surface area contributed by atoms with Gasteiger partial charge in [0.2, 0.25) is 11.8 Å². The second-order valence-corrected chi connectivity index (χ2v) is 7.93. The third-order valence-electron chi connectivity index (χ3n) is 6.20. The molecule has 2 atom stereocenters. The quantitative estimate of drug-likeness (QED) is 0.844. The van der Waals surface area contributed by atoms with E-state index in [9.17, 15) is 9.59 Å². The van der Waals surface area contributed by atoms with E-state index in [1.165, 1.54) is 5.56 Å². The Morgan fingerprint density at radius 2 is 1.76 bits per heavy atom. The van der Waals surface area contributed by atoms with Crippen LogP contribution in [-0.2, 0) is 22.6 Å². The van der Waals surface area contributed by atoms with E-state index in [0.29, 0.717) is 6.54 Å². The first-order valence-electron chi connectivity index (χ1n) is 10.5. The molecule has 4 rings (SSSR count). The fourth-order valence-corrected chi connectivity index (χ4v) is 4.57. The van der Waals surface area contributed by atoms with E-state index in [1.54, 1.807) is 7.11 Å². The van der Waals surface area contributed by atoms with Gasteiger partial charge in [-0.05, 0) is 48.6 Å². The van der Waals surface area contributed by atoms with Crippen molar-refractivity contribution in [3.63, 3.8) is 0 Å². The molecule has 0 saturated heterocycles. The molecule has 1 N–H and O–H groups in total. The summed E-state index contributed by atoms with van der Waals surface area (Å²) in [5.74, 6) is 0.419. The lowest BCUT2D eigenvalue weighted by atomic mass is 9.77. The largest absolute Gasteiger partial charge is 0.497 e. The molecule has 1 fully saturated rings. The number of fused-ring (bicyclic) bond motifs is 1. The molecule has 0 radical (unpaired) electrons. The second kappa shape index (κ2) is 8.68. The molecule has 0 aromatic heterocycles. The smallest absolute Gasteiger partial charge is 0.230 e. The fraction of sp³-hybridized carbons (Fsp3) is 0.417. The number of rotatable bonds is 5. The predicted molar refractivity (Wildman–Crippen MR) is 113 cm³/mol. The molecule has 1 heterocycles. The van der Waals surface area contributed by atoms with Gasteiger partial charge in [0.05, 0.1) is 13.0 Å². The first kappa shape index (κ1) is 19.5. The van der Waals surface area contributed by atoms with Crippen LogP contribution in [-0.4, -0.2) is 25.5 Å². The van der Waals surface area contributed by atoms with Gasteiger partial charge >= 0.3 is 0 Å². The Balaban J connectivity index is 1.43. The van der Waals surface area contributed by atoms with E-state index in [2.05, 4.69) is 11.4 Å². The highest BCUT2D eigenvalue weighted by Gasteiger charge is 2.39. The van der Waals surface area contributed by atoms with Crippen molar-refractivity contribution in [3.8, 4) is 5.75 Å². The summed E-state index contributed by atoms with van der Waals surface area (Å²) in [6, 6.07) is 15.8. The lowest BCUT2D eigenvalue weighted by Crippen LogP contribution is -2.45. The Kier molecular flexibility index (Phi) is 5.84. The Labute approximate surface area is 172 Å². The van der Waals surface area contributed by atoms with Crippen molar-refractivity contribution in [2.24, 2.45) is 11.8 Å². The molecule has 29 heavy (non-hydrogen) atoms. The first-order valence-corrected chi connectivity index (χ1v) is 10.5. The van der Waals surface area contributed by atoms with Gasteiger partial charge in [-0.25, -0.2) is 0 Å². The van der Waals surface area contributed by atoms with Crippen molar-refractivity contribution in [2.75, 3.05) is 18.6 Å². The van der Waals surface area contributed by atoms with E-state index >= 15 is 0 Å². The number of nitrogens with one attached hydrogen (secondary N) is 1. The molecule has 5 heteroatoms. The summed E-state index contributed by atoms with van der Waals surface area (Å²) in [5, 5.41) is 3.05. The number of methoxy groups -OCH3 is 1. The molecule has 2 aromatic carbocycles. The number of carbonyl (C=O) groups excluding carboxylic acids is 2. The van der Waals surface area contributed by atoms with Crippen molar-refractivity contribution in [1.29, 1.82) is 0 Å². The van der Waals surface area contributed by atoms with Crippen molar-refractivity contribution in [1.82, 2.24) is 5.32 Å². The maximum absolute atomic E-state index is 13.4. The van der Waals surface area contributed by atoms with Gasteiger partial charge in [-0.1, -0.05) is 43.2 Å². The van der Waals surface area contributed by atoms with Crippen LogP contribution in [0.1, 0.15) is 36.8 Å². The second-order valence-electron chi connectivity index (χ2n) is 7.93. The van der Waals surface area contributed by atoms with E-state index in [1.807, 2.05) is 47.4 Å². The average Bonchev–Trinajstić information content (AvgIpc) is 3.21. The average molecular weight is 392 g/mol. The molecule has 2 amide bonds. The lowest BCUT2D eigenvalue weighted by Gasteiger charge is -2.32. The van der Waals surface area contributed by atoms with Crippen LogP contribution in [0.25, 0.3) is 0 Å². The molecule has 0 spiro atoms. The van der Waals surface area contributed by atoms with E-state index < -0.39 is 0 Å². The minimum atomic E-state index is -0.248. The van der Waals surface area contributed by atoms with Gasteiger partial charge in [-0.2, -0.15) is 0 Å². The van der Waals surface area contributed by atoms with Gasteiger partial charge in [-0.15, -0.1) is 0 Å². The zero-order valence-electron chi connectivity index (χ0n) is 16.9. The van der Waals surface area contributed by atoms with Crippen molar-refractivity contribution in [3.05, 3.63) is 59.7 Å². The van der Waals surface area contributed by atoms with Crippen molar-refractivity contribution in [2.45, 2.75) is 38.6 Å². The van der Waals surface area contributed by atoms with Gasteiger partial charge in [0, 0.05) is 24.7 Å². The van der Waals surface area contributed by atoms with Gasteiger partial charge < -0.3 is 15.0 Å². The minimum Gasteiger partial charge on any atom is -0.497 e. The fourth-order valence-electron chi connectivity index (χ4n) is 4.57. The molecule has 1 aliphatic carbocycles. The SMILES string of the molecule is COc1ccc(CNC(=O)[C@H]2CCCC[C@H]2C(=O)N2CCc3ccccc32)cc1. The van der Waals surface area contributed by atoms with Crippen molar-refractivity contribution < 1.29 is 14.3 Å². The highest BCUT2D eigenvalue weighted by atomic mass is 16.5. The number of anilines is 1. The minimum absolute atomic E-state index is 0.00801. The molecule has 2 aromatic rings. The monoisotopic (exact) mass is 392 g/mol. The topological polar surface area (TPSA) is 58.6 Å². The molecule has 0 bridgehead atoms. The van der Waals surface area contributed by atoms with Crippen LogP contribution in [0.15, 0.2) is 48.5 Å². The Hall–Kier alpha value is -2.82. The summed E-state index contributed by atoms with van der Waals surface area (Å²) in [7, 11) is 1.63. The highest BCUT2D eigenvalue weighted by molar-refractivity contribution is 5.99. The number of hydrogen-bond acceptors (Lipinski definition) is 3. The molecular formula is C24H28N2O3. The van der Waals surface area contributed by atoms with Crippen LogP contribution >= 0.6 is 0 Å². The number of para-hydroxylation sites is 1. The number of carbonyl (C=O) groups is 2. The normalized spacial score (nSPS) is 20.8. The molecule has 0 unspecified atom stereocenters. The Morgan fingerprint density at radius 1 is 1.03 bits per heavy atom. The summed E-state index contributed by atoms with van der Waals surface area (Å²) in [5.41, 5.74) is 3.25. The summed E-state index contributed by atoms with van der Waals surface area (Å²) in [6.07, 6.45) is 4.47. The van der Waals surface area contributed by atoms with Crippen LogP contribution in [0.4, 0.5) is 5.69 Å². The number of ether oxygens (including phenoxy) is 1. The predicted octanol–water partition coefficient (Wildman–Crippen LogP) is 3.71. The van der Waals surface area contributed by atoms with Crippen LogP contribution in [0.3, 0.4) is 0 Å². The van der Waals surface area contributed by atoms with Crippen LogP contribution in [0.5, 0.6) is 5.75 Å². The van der Waals surface area contributed by atoms with Gasteiger partial charge in [0.1, 0.15) is 5.75 Å². The zero-order chi connectivity index (χ0) is 20.2. The number of amides is 2. The van der Waals surface area contributed by atoms with Gasteiger partial charge in [0.15, 0.2) is 0 Å². The molecule has 152 valence electrons. The molecule has 1 aliphatic heterocycles. The van der Waals surface area contributed by atoms with E-state index in [0.717, 1.165) is 55.6 Å². The van der Waals surface area contributed by atoms with Crippen LogP contribution in [0, 0.1) is 11.8 Å². The zero-order valence-corrected chi connectivity index (χ0v) is 16.9. The summed E-state index contributed by atoms with van der Waals surface area (Å²) in [4.78, 5) is 28.2. The number of hydrogen-bond donors (Lipinski definition) is 1. The van der Waals surface area contributed by atoms with Crippen LogP contribution < -0.4 is 15.0 Å². The molecule has 5 nitrogen and oxygen atoms in total. The van der Waals surface area contributed by atoms with E-state index in [4.69, 9.17) is 4.74 Å². The van der Waals surface area contributed by atoms with E-state index in [-0.39, 0.29) is 23.7 Å². The third kappa shape index (κ3) is 4.14. The summed E-state index contributed by atoms with van der Waals surface area (Å²) in [6.45, 7) is 1.18. The third-order valence-corrected chi connectivity index (χ3v) is 6.20. The lowest BCUT2D eigenvalue weighted by molar-refractivity contribution is -0.135. The first-order chi connectivity index (χ1) is 14.2. The summed E-state index contributed by atoms with van der Waals surface area (Å²) >= 11 is 0.